The van der Waals surface area contributed by atoms with Crippen LogP contribution < -0.4 is 4.74 Å². The number of hydrogen-bond donors (Lipinski definition) is 0. The highest BCUT2D eigenvalue weighted by atomic mass is 16.5. The fraction of sp³-hybridized carbons (Fsp3) is 0.375. The molecule has 2 aromatic carbocycles. The van der Waals surface area contributed by atoms with E-state index in [0.717, 1.165) is 43.7 Å². The quantitative estimate of drug-likeness (QED) is 0.600. The molecule has 0 N–H and O–H groups in total. The lowest BCUT2D eigenvalue weighted by molar-refractivity contribution is 0.166. The number of aromatic nitrogens is 3. The fourth-order valence-electron chi connectivity index (χ4n) is 4.02. The normalized spacial score (nSPS) is 14.6. The predicted octanol–water partition coefficient (Wildman–Crippen LogP) is 4.66. The Balaban J connectivity index is 1.26. The molecule has 4 rings (SSSR count). The van der Waals surface area contributed by atoms with E-state index in [9.17, 15) is 4.79 Å². The van der Waals surface area contributed by atoms with E-state index in [4.69, 9.17) is 4.74 Å². The molecule has 156 valence electrons. The van der Waals surface area contributed by atoms with Crippen LogP contribution in [0.5, 0.6) is 5.75 Å². The number of piperidine rings is 1. The predicted molar refractivity (Wildman–Crippen MR) is 116 cm³/mol. The summed E-state index contributed by atoms with van der Waals surface area (Å²) in [6.45, 7) is 1.57. The minimum Gasteiger partial charge on any atom is -0.497 e. The third-order valence-corrected chi connectivity index (χ3v) is 5.84. The fourth-order valence-corrected chi connectivity index (χ4v) is 4.02. The van der Waals surface area contributed by atoms with Crippen molar-refractivity contribution in [2.24, 2.45) is 5.92 Å². The second kappa shape index (κ2) is 9.57. The molecule has 0 aliphatic carbocycles. The third-order valence-electron chi connectivity index (χ3n) is 5.84. The van der Waals surface area contributed by atoms with E-state index in [-0.39, 0.29) is 6.03 Å². The number of hydrogen-bond acceptors (Lipinski definition) is 4. The number of likely N-dealkylation sites (tertiary alicyclic amines) is 1. The molecule has 0 spiro atoms. The molecule has 1 amide bonds. The number of benzene rings is 2. The smallest absolute Gasteiger partial charge is 0.346 e. The van der Waals surface area contributed by atoms with Gasteiger partial charge >= 0.3 is 6.03 Å². The van der Waals surface area contributed by atoms with Crippen LogP contribution in [0.4, 0.5) is 4.79 Å². The first-order valence-corrected chi connectivity index (χ1v) is 10.6. The molecule has 1 fully saturated rings. The first-order valence-electron chi connectivity index (χ1n) is 10.6. The van der Waals surface area contributed by atoms with Crippen molar-refractivity contribution in [2.45, 2.75) is 32.1 Å². The van der Waals surface area contributed by atoms with Crippen molar-refractivity contribution in [1.82, 2.24) is 19.7 Å². The zero-order valence-electron chi connectivity index (χ0n) is 17.4. The number of nitrogens with zero attached hydrogens (tertiary/aromatic N) is 4. The van der Waals surface area contributed by atoms with E-state index < -0.39 is 0 Å². The molecule has 1 aromatic heterocycles. The summed E-state index contributed by atoms with van der Waals surface area (Å²) in [5, 5.41) is 4.39. The second-order valence-electron chi connectivity index (χ2n) is 7.83. The summed E-state index contributed by atoms with van der Waals surface area (Å²) in [7, 11) is 1.63. The van der Waals surface area contributed by atoms with Gasteiger partial charge in [-0.3, -0.25) is 0 Å². The van der Waals surface area contributed by atoms with Gasteiger partial charge in [0.05, 0.1) is 7.11 Å². The SMILES string of the molecule is COc1ccc(-c2ncn(C(=O)N3CCC(CCCc4ccccc4)CC3)n2)cc1. The van der Waals surface area contributed by atoms with E-state index in [1.807, 2.05) is 29.2 Å². The molecule has 1 aliphatic heterocycles. The van der Waals surface area contributed by atoms with Crippen LogP contribution in [0.1, 0.15) is 31.2 Å². The molecule has 6 nitrogen and oxygen atoms in total. The maximum Gasteiger partial charge on any atom is 0.346 e. The zero-order valence-corrected chi connectivity index (χ0v) is 17.4. The van der Waals surface area contributed by atoms with Gasteiger partial charge in [0.2, 0.25) is 0 Å². The van der Waals surface area contributed by atoms with Gasteiger partial charge in [-0.05, 0) is 67.9 Å². The van der Waals surface area contributed by atoms with Crippen molar-refractivity contribution in [2.75, 3.05) is 20.2 Å². The van der Waals surface area contributed by atoms with E-state index >= 15 is 0 Å². The van der Waals surface area contributed by atoms with E-state index in [0.29, 0.717) is 11.7 Å². The van der Waals surface area contributed by atoms with Crippen LogP contribution in [0.2, 0.25) is 0 Å². The van der Waals surface area contributed by atoms with Crippen molar-refractivity contribution < 1.29 is 9.53 Å². The molecule has 0 saturated carbocycles. The lowest BCUT2D eigenvalue weighted by Gasteiger charge is -2.31. The van der Waals surface area contributed by atoms with Crippen LogP contribution in [0, 0.1) is 5.92 Å². The van der Waals surface area contributed by atoms with Gasteiger partial charge in [0.15, 0.2) is 5.82 Å². The molecule has 1 aliphatic rings. The minimum absolute atomic E-state index is 0.0926. The van der Waals surface area contributed by atoms with Crippen molar-refractivity contribution in [3.05, 3.63) is 66.5 Å². The largest absolute Gasteiger partial charge is 0.497 e. The number of amides is 1. The molecule has 6 heteroatoms. The van der Waals surface area contributed by atoms with Gasteiger partial charge in [0, 0.05) is 18.7 Å². The Labute approximate surface area is 177 Å². The Morgan fingerprint density at radius 1 is 1.07 bits per heavy atom. The summed E-state index contributed by atoms with van der Waals surface area (Å²) >= 11 is 0. The first-order chi connectivity index (χ1) is 14.7. The van der Waals surface area contributed by atoms with E-state index in [1.54, 1.807) is 7.11 Å². The van der Waals surface area contributed by atoms with Gasteiger partial charge in [-0.2, -0.15) is 4.68 Å². The highest BCUT2D eigenvalue weighted by molar-refractivity contribution is 5.76. The Morgan fingerprint density at radius 3 is 2.50 bits per heavy atom. The van der Waals surface area contributed by atoms with Gasteiger partial charge in [-0.1, -0.05) is 30.3 Å². The summed E-state index contributed by atoms with van der Waals surface area (Å²) in [5.41, 5.74) is 2.27. The van der Waals surface area contributed by atoms with E-state index in [2.05, 4.69) is 40.4 Å². The van der Waals surface area contributed by atoms with Crippen molar-refractivity contribution in [3.8, 4) is 17.1 Å². The van der Waals surface area contributed by atoms with Gasteiger partial charge in [-0.15, -0.1) is 5.10 Å². The molecule has 30 heavy (non-hydrogen) atoms. The Kier molecular flexibility index (Phi) is 6.42. The number of carbonyl (C=O) groups is 1. The van der Waals surface area contributed by atoms with Crippen LogP contribution in [-0.4, -0.2) is 45.9 Å². The van der Waals surface area contributed by atoms with Crippen molar-refractivity contribution in [1.29, 1.82) is 0 Å². The molecule has 1 saturated heterocycles. The summed E-state index contributed by atoms with van der Waals surface area (Å²) in [5.74, 6) is 2.02. The summed E-state index contributed by atoms with van der Waals surface area (Å²) < 4.78 is 6.53. The maximum absolute atomic E-state index is 12.8. The third kappa shape index (κ3) is 4.87. The van der Waals surface area contributed by atoms with Crippen LogP contribution >= 0.6 is 0 Å². The molecule has 0 unspecified atom stereocenters. The Hall–Kier alpha value is -3.15. The molecule has 0 bridgehead atoms. The summed E-state index contributed by atoms with van der Waals surface area (Å²) in [4.78, 5) is 19.0. The standard InChI is InChI=1S/C24H28N4O2/c1-30-22-12-10-21(11-13-22)23-25-18-28(26-23)24(29)27-16-14-20(15-17-27)9-5-8-19-6-3-2-4-7-19/h2-4,6-7,10-13,18,20H,5,8-9,14-17H2,1H3. The number of methoxy groups -OCH3 is 1. The van der Waals surface area contributed by atoms with Gasteiger partial charge < -0.3 is 9.64 Å². The maximum atomic E-state index is 12.8. The number of carbonyl (C=O) groups excluding carboxylic acids is 1. The van der Waals surface area contributed by atoms with Crippen LogP contribution in [0.15, 0.2) is 60.9 Å². The highest BCUT2D eigenvalue weighted by Gasteiger charge is 2.24. The molecular formula is C24H28N4O2. The summed E-state index contributed by atoms with van der Waals surface area (Å²) in [6, 6.07) is 18.1. The number of rotatable bonds is 6. The Bertz CT molecular complexity index is 945. The molecule has 0 atom stereocenters. The molecule has 2 heterocycles. The Morgan fingerprint density at radius 2 is 1.80 bits per heavy atom. The number of ether oxygens (including phenoxy) is 1. The van der Waals surface area contributed by atoms with Crippen molar-refractivity contribution in [3.63, 3.8) is 0 Å². The topological polar surface area (TPSA) is 60.3 Å². The van der Waals surface area contributed by atoms with E-state index in [1.165, 1.54) is 29.4 Å². The van der Waals surface area contributed by atoms with Crippen LogP contribution in [-0.2, 0) is 6.42 Å². The van der Waals surface area contributed by atoms with Gasteiger partial charge in [0.1, 0.15) is 12.1 Å². The second-order valence-corrected chi connectivity index (χ2v) is 7.83. The highest BCUT2D eigenvalue weighted by Crippen LogP contribution is 2.24. The average molecular weight is 405 g/mol. The molecular weight excluding hydrogens is 376 g/mol. The first kappa shape index (κ1) is 20.1. The summed E-state index contributed by atoms with van der Waals surface area (Å²) in [6.07, 6.45) is 7.18. The van der Waals surface area contributed by atoms with Crippen LogP contribution in [0.25, 0.3) is 11.4 Å². The van der Waals surface area contributed by atoms with Gasteiger partial charge in [0.25, 0.3) is 0 Å². The average Bonchev–Trinajstić information content (AvgIpc) is 3.30. The van der Waals surface area contributed by atoms with Crippen molar-refractivity contribution >= 4 is 6.03 Å². The molecule has 3 aromatic rings. The lowest BCUT2D eigenvalue weighted by Crippen LogP contribution is -2.41. The lowest BCUT2D eigenvalue weighted by atomic mass is 9.91. The minimum atomic E-state index is -0.0926. The zero-order chi connectivity index (χ0) is 20.8. The van der Waals surface area contributed by atoms with Gasteiger partial charge in [-0.25, -0.2) is 9.78 Å². The number of aryl methyl sites for hydroxylation is 1. The van der Waals surface area contributed by atoms with Crippen LogP contribution in [0.3, 0.4) is 0 Å². The monoisotopic (exact) mass is 404 g/mol. The molecule has 0 radical (unpaired) electrons.